The molecule has 0 spiro atoms. The van der Waals surface area contributed by atoms with Crippen LogP contribution < -0.4 is 10.6 Å². The van der Waals surface area contributed by atoms with Crippen molar-refractivity contribution in [3.63, 3.8) is 0 Å². The Morgan fingerprint density at radius 2 is 1.62 bits per heavy atom. The van der Waals surface area contributed by atoms with Gasteiger partial charge in [-0.05, 0) is 44.5 Å². The molecule has 32 heavy (non-hydrogen) atoms. The summed E-state index contributed by atoms with van der Waals surface area (Å²) in [6, 6.07) is 4.10. The quantitative estimate of drug-likeness (QED) is 0.355. The maximum Gasteiger partial charge on any atom is 0.298 e. The third-order valence-electron chi connectivity index (χ3n) is 5.03. The van der Waals surface area contributed by atoms with Gasteiger partial charge in [0.2, 0.25) is 5.95 Å². The van der Waals surface area contributed by atoms with Gasteiger partial charge in [0.15, 0.2) is 11.6 Å². The van der Waals surface area contributed by atoms with Crippen LogP contribution in [0.15, 0.2) is 30.5 Å². The molecule has 2 N–H and O–H groups in total. The van der Waals surface area contributed by atoms with Crippen LogP contribution >= 0.6 is 0 Å². The lowest BCUT2D eigenvalue weighted by atomic mass is 10.1. The number of nitrogens with one attached hydrogen (secondary N) is 2. The van der Waals surface area contributed by atoms with E-state index in [9.17, 15) is 27.6 Å². The van der Waals surface area contributed by atoms with E-state index in [1.807, 2.05) is 0 Å². The molecule has 0 saturated carbocycles. The van der Waals surface area contributed by atoms with Crippen molar-refractivity contribution in [1.29, 1.82) is 0 Å². The predicted octanol–water partition coefficient (Wildman–Crippen LogP) is 3.84. The van der Waals surface area contributed by atoms with Gasteiger partial charge in [-0.25, -0.2) is 13.8 Å². The van der Waals surface area contributed by atoms with Crippen LogP contribution in [0.3, 0.4) is 0 Å². The first-order valence-corrected chi connectivity index (χ1v) is 9.41. The van der Waals surface area contributed by atoms with E-state index in [2.05, 4.69) is 15.6 Å². The van der Waals surface area contributed by atoms with E-state index in [-0.39, 0.29) is 33.8 Å². The third-order valence-corrected chi connectivity index (χ3v) is 5.03. The Morgan fingerprint density at radius 1 is 0.938 bits per heavy atom. The van der Waals surface area contributed by atoms with Crippen molar-refractivity contribution < 1.29 is 27.6 Å². The molecule has 0 fully saturated rings. The highest BCUT2D eigenvalue weighted by atomic mass is 19.2. The zero-order chi connectivity index (χ0) is 23.7. The molecule has 0 aliphatic carbocycles. The first-order valence-electron chi connectivity index (χ1n) is 9.41. The molecule has 10 heteroatoms. The summed E-state index contributed by atoms with van der Waals surface area (Å²) in [5.74, 6) is -5.53. The fourth-order valence-corrected chi connectivity index (χ4v) is 3.32. The van der Waals surface area contributed by atoms with Crippen molar-refractivity contribution in [2.24, 2.45) is 7.05 Å². The van der Waals surface area contributed by atoms with Gasteiger partial charge in [0, 0.05) is 30.1 Å². The molecule has 0 atom stereocenters. The van der Waals surface area contributed by atoms with Gasteiger partial charge >= 0.3 is 0 Å². The van der Waals surface area contributed by atoms with Crippen LogP contribution in [0.1, 0.15) is 37.7 Å². The van der Waals surface area contributed by atoms with Crippen LogP contribution in [-0.2, 0) is 11.8 Å². The number of amides is 2. The zero-order valence-corrected chi connectivity index (χ0v) is 17.6. The lowest BCUT2D eigenvalue weighted by Gasteiger charge is -2.07. The highest BCUT2D eigenvalue weighted by Gasteiger charge is 2.28. The van der Waals surface area contributed by atoms with Crippen molar-refractivity contribution in [3.05, 3.63) is 76.1 Å². The van der Waals surface area contributed by atoms with Crippen molar-refractivity contribution in [2.45, 2.75) is 20.8 Å². The molecule has 7 nitrogen and oxygen atoms in total. The summed E-state index contributed by atoms with van der Waals surface area (Å²) in [5.41, 5.74) is 1.20. The van der Waals surface area contributed by atoms with Crippen molar-refractivity contribution in [1.82, 2.24) is 9.55 Å². The SMILES string of the molecule is Cc1cc(NC(=O)c2c(C)c(C(=O)C(=O)Nc3ccc(F)c(F)c3)n(C)c2C)cnc1F. The molecular formula is C22H19F3N4O3. The molecule has 1 aromatic carbocycles. The van der Waals surface area contributed by atoms with Crippen molar-refractivity contribution in [2.75, 3.05) is 10.6 Å². The summed E-state index contributed by atoms with van der Waals surface area (Å²) in [7, 11) is 1.51. The highest BCUT2D eigenvalue weighted by Crippen LogP contribution is 2.24. The molecule has 3 rings (SSSR count). The van der Waals surface area contributed by atoms with Crippen LogP contribution in [0.2, 0.25) is 0 Å². The third kappa shape index (κ3) is 4.25. The minimum Gasteiger partial charge on any atom is -0.344 e. The van der Waals surface area contributed by atoms with Crippen LogP contribution in [0.4, 0.5) is 24.5 Å². The van der Waals surface area contributed by atoms with Gasteiger partial charge in [-0.3, -0.25) is 14.4 Å². The zero-order valence-electron chi connectivity index (χ0n) is 17.6. The van der Waals surface area contributed by atoms with E-state index in [0.717, 1.165) is 24.4 Å². The van der Waals surface area contributed by atoms with Gasteiger partial charge in [-0.1, -0.05) is 0 Å². The van der Waals surface area contributed by atoms with Crippen molar-refractivity contribution in [3.8, 4) is 0 Å². The summed E-state index contributed by atoms with van der Waals surface area (Å²) >= 11 is 0. The van der Waals surface area contributed by atoms with Crippen LogP contribution in [0.5, 0.6) is 0 Å². The summed E-state index contributed by atoms with van der Waals surface area (Å²) in [5, 5.41) is 4.82. The molecular weight excluding hydrogens is 425 g/mol. The molecule has 166 valence electrons. The van der Waals surface area contributed by atoms with E-state index >= 15 is 0 Å². The number of anilines is 2. The van der Waals surface area contributed by atoms with E-state index in [0.29, 0.717) is 5.69 Å². The number of aromatic nitrogens is 2. The summed E-state index contributed by atoms with van der Waals surface area (Å²) < 4.78 is 41.2. The summed E-state index contributed by atoms with van der Waals surface area (Å²) in [6.45, 7) is 4.60. The van der Waals surface area contributed by atoms with Crippen LogP contribution in [0.25, 0.3) is 0 Å². The number of hydrogen-bond acceptors (Lipinski definition) is 4. The Kier molecular flexibility index (Phi) is 6.15. The monoisotopic (exact) mass is 444 g/mol. The average Bonchev–Trinajstić information content (AvgIpc) is 2.95. The molecule has 0 aliphatic heterocycles. The number of rotatable bonds is 5. The van der Waals surface area contributed by atoms with Crippen LogP contribution in [-0.4, -0.2) is 27.1 Å². The Hall–Kier alpha value is -3.95. The number of nitrogens with zero attached hydrogens (tertiary/aromatic N) is 2. The standard InChI is InChI=1S/C22H19F3N4O3/c1-10-7-14(9-26-20(10)25)28-21(31)17-11(2)18(29(4)12(17)3)19(30)22(32)27-13-5-6-15(23)16(24)8-13/h5-9H,1-4H3,(H,27,32)(H,28,31). The Morgan fingerprint density at radius 3 is 2.25 bits per heavy atom. The molecule has 0 unspecified atom stereocenters. The number of halogens is 3. The first-order chi connectivity index (χ1) is 15.0. The number of aryl methyl sites for hydroxylation is 1. The lowest BCUT2D eigenvalue weighted by molar-refractivity contribution is -0.112. The molecule has 3 aromatic rings. The lowest BCUT2D eigenvalue weighted by Crippen LogP contribution is -2.25. The van der Waals surface area contributed by atoms with Gasteiger partial charge in [0.05, 0.1) is 23.1 Å². The smallest absolute Gasteiger partial charge is 0.298 e. The van der Waals surface area contributed by atoms with Crippen molar-refractivity contribution >= 4 is 29.0 Å². The van der Waals surface area contributed by atoms with Gasteiger partial charge < -0.3 is 15.2 Å². The van der Waals surface area contributed by atoms with Gasteiger partial charge in [0.1, 0.15) is 0 Å². The Bertz CT molecular complexity index is 1270. The fraction of sp³-hybridized carbons (Fsp3) is 0.182. The van der Waals surface area contributed by atoms with E-state index in [4.69, 9.17) is 0 Å². The maximum absolute atomic E-state index is 13.4. The second-order valence-corrected chi connectivity index (χ2v) is 7.19. The van der Waals surface area contributed by atoms with Gasteiger partial charge in [0.25, 0.3) is 17.6 Å². The molecule has 0 aliphatic rings. The van der Waals surface area contributed by atoms with Gasteiger partial charge in [-0.2, -0.15) is 4.39 Å². The fourth-order valence-electron chi connectivity index (χ4n) is 3.32. The minimum absolute atomic E-state index is 0.0406. The van der Waals surface area contributed by atoms with E-state index in [1.54, 1.807) is 6.92 Å². The van der Waals surface area contributed by atoms with Crippen LogP contribution in [0, 0.1) is 38.4 Å². The number of benzene rings is 1. The number of ketones is 1. The number of carbonyl (C=O) groups is 3. The molecule has 0 bridgehead atoms. The average molecular weight is 444 g/mol. The maximum atomic E-state index is 13.4. The molecule has 2 amide bonds. The second kappa shape index (κ2) is 8.66. The normalized spacial score (nSPS) is 10.7. The number of Topliss-reactive ketones (excluding diaryl/α,β-unsaturated/α-hetero) is 1. The summed E-state index contributed by atoms with van der Waals surface area (Å²) in [4.78, 5) is 41.6. The number of hydrogen-bond donors (Lipinski definition) is 2. The molecule has 2 aromatic heterocycles. The molecule has 2 heterocycles. The van der Waals surface area contributed by atoms with Gasteiger partial charge in [-0.15, -0.1) is 0 Å². The highest BCUT2D eigenvalue weighted by molar-refractivity contribution is 6.46. The topological polar surface area (TPSA) is 93.1 Å². The predicted molar refractivity (Wildman–Crippen MR) is 111 cm³/mol. The van der Waals surface area contributed by atoms with E-state index < -0.39 is 35.2 Å². The minimum atomic E-state index is -1.18. The largest absolute Gasteiger partial charge is 0.344 e. The summed E-state index contributed by atoms with van der Waals surface area (Å²) in [6.07, 6.45) is 1.16. The Balaban J connectivity index is 1.87. The van der Waals surface area contributed by atoms with E-state index in [1.165, 1.54) is 31.5 Å². The number of carbonyl (C=O) groups excluding carboxylic acids is 3. The Labute approximate surface area is 181 Å². The first kappa shape index (κ1) is 22.7. The number of pyridine rings is 1. The second-order valence-electron chi connectivity index (χ2n) is 7.19. The molecule has 0 saturated heterocycles. The molecule has 0 radical (unpaired) electrons.